The van der Waals surface area contributed by atoms with Gasteiger partial charge in [-0.2, -0.15) is 10.2 Å². The minimum atomic E-state index is 0.176. The molecule has 2 heteroatoms. The van der Waals surface area contributed by atoms with Crippen molar-refractivity contribution >= 4 is 11.4 Å². The van der Waals surface area contributed by atoms with Crippen molar-refractivity contribution in [2.45, 2.75) is 87.0 Å². The monoisotopic (exact) mass is 482 g/mol. The Hall–Kier alpha value is -3.00. The molecule has 1 aliphatic heterocycles. The molecule has 0 spiro atoms. The Kier molecular flexibility index (Phi) is 10.8. The first-order valence-corrected chi connectivity index (χ1v) is 13.5. The van der Waals surface area contributed by atoms with Crippen molar-refractivity contribution in [3.8, 4) is 11.1 Å². The van der Waals surface area contributed by atoms with Crippen molar-refractivity contribution in [2.24, 2.45) is 16.1 Å². The van der Waals surface area contributed by atoms with Gasteiger partial charge < -0.3 is 0 Å². The second kappa shape index (κ2) is 13.3. The van der Waals surface area contributed by atoms with E-state index in [1.807, 2.05) is 13.8 Å². The van der Waals surface area contributed by atoms with Gasteiger partial charge in [-0.05, 0) is 50.6 Å². The molecule has 0 atom stereocenters. The summed E-state index contributed by atoms with van der Waals surface area (Å²) in [5, 5.41) is 8.92. The van der Waals surface area contributed by atoms with E-state index in [0.717, 1.165) is 34.9 Å². The Morgan fingerprint density at radius 1 is 0.556 bits per heavy atom. The zero-order valence-corrected chi connectivity index (χ0v) is 24.2. The van der Waals surface area contributed by atoms with Crippen LogP contribution in [0, 0.1) is 5.92 Å². The minimum absolute atomic E-state index is 0.176. The summed E-state index contributed by atoms with van der Waals surface area (Å²) in [6.07, 6.45) is 0.778. The zero-order chi connectivity index (χ0) is 26.9. The van der Waals surface area contributed by atoms with Crippen LogP contribution < -0.4 is 0 Å². The molecular formula is C34H46N2. The molecule has 1 heterocycles. The second-order valence-corrected chi connectivity index (χ2v) is 11.2. The van der Waals surface area contributed by atoms with Crippen LogP contribution in [-0.2, 0) is 5.41 Å². The summed E-state index contributed by atoms with van der Waals surface area (Å²) in [5.74, 6) is 1.37. The van der Waals surface area contributed by atoms with Gasteiger partial charge in [-0.1, -0.05) is 142 Å². The Bertz CT molecular complexity index is 1120. The number of hydrogen-bond donors (Lipinski definition) is 0. The smallest absolute Gasteiger partial charge is 0.0763 e. The van der Waals surface area contributed by atoms with Crippen LogP contribution >= 0.6 is 0 Å². The molecule has 0 bridgehead atoms. The van der Waals surface area contributed by atoms with Crippen LogP contribution in [0.15, 0.2) is 83.0 Å². The maximum Gasteiger partial charge on any atom is 0.0763 e. The topological polar surface area (TPSA) is 24.7 Å². The van der Waals surface area contributed by atoms with E-state index in [1.165, 1.54) is 22.3 Å². The van der Waals surface area contributed by atoms with E-state index in [-0.39, 0.29) is 5.41 Å². The summed E-state index contributed by atoms with van der Waals surface area (Å²) in [6, 6.07) is 26.3. The fraction of sp³-hybridized carbons (Fsp3) is 0.412. The van der Waals surface area contributed by atoms with E-state index in [2.05, 4.69) is 138 Å². The van der Waals surface area contributed by atoms with Crippen LogP contribution in [0.25, 0.3) is 11.1 Å². The Labute approximate surface area is 220 Å². The lowest BCUT2D eigenvalue weighted by molar-refractivity contribution is 0.590. The summed E-state index contributed by atoms with van der Waals surface area (Å²) in [4.78, 5) is 0. The molecule has 0 amide bonds. The van der Waals surface area contributed by atoms with Crippen LogP contribution in [-0.4, -0.2) is 11.4 Å². The van der Waals surface area contributed by atoms with E-state index in [4.69, 9.17) is 0 Å². The number of hydrogen-bond acceptors (Lipinski definition) is 2. The molecule has 36 heavy (non-hydrogen) atoms. The minimum Gasteiger partial charge on any atom is -0.154 e. The van der Waals surface area contributed by atoms with Crippen LogP contribution in [0.1, 0.15) is 104 Å². The van der Waals surface area contributed by atoms with Crippen molar-refractivity contribution in [1.29, 1.82) is 0 Å². The van der Waals surface area contributed by atoms with Gasteiger partial charge in [0.15, 0.2) is 0 Å². The largest absolute Gasteiger partial charge is 0.154 e. The molecule has 0 saturated heterocycles. The lowest BCUT2D eigenvalue weighted by Crippen LogP contribution is -2.10. The van der Waals surface area contributed by atoms with E-state index in [1.54, 1.807) is 0 Å². The quantitative estimate of drug-likeness (QED) is 0.353. The fourth-order valence-corrected chi connectivity index (χ4v) is 3.75. The third kappa shape index (κ3) is 8.29. The molecule has 0 aromatic heterocycles. The Morgan fingerprint density at radius 3 is 1.25 bits per heavy atom. The predicted molar refractivity (Wildman–Crippen MR) is 161 cm³/mol. The third-order valence-electron chi connectivity index (χ3n) is 5.84. The van der Waals surface area contributed by atoms with Crippen molar-refractivity contribution in [3.05, 3.63) is 95.1 Å². The van der Waals surface area contributed by atoms with E-state index >= 15 is 0 Å². The molecule has 0 unspecified atom stereocenters. The Morgan fingerprint density at radius 2 is 0.889 bits per heavy atom. The van der Waals surface area contributed by atoms with E-state index in [9.17, 15) is 0 Å². The highest BCUT2D eigenvalue weighted by atomic mass is 15.2. The van der Waals surface area contributed by atoms with Gasteiger partial charge in [0.05, 0.1) is 11.4 Å². The van der Waals surface area contributed by atoms with Gasteiger partial charge in [0.25, 0.3) is 0 Å². The molecule has 0 radical (unpaired) electrons. The predicted octanol–water partition coefficient (Wildman–Crippen LogP) is 10.1. The maximum absolute atomic E-state index is 4.47. The van der Waals surface area contributed by atoms with Crippen molar-refractivity contribution in [3.63, 3.8) is 0 Å². The molecule has 0 saturated carbocycles. The molecule has 4 rings (SSSR count). The first-order valence-electron chi connectivity index (χ1n) is 13.5. The van der Waals surface area contributed by atoms with Crippen LogP contribution in [0.2, 0.25) is 0 Å². The van der Waals surface area contributed by atoms with E-state index < -0.39 is 0 Å². The summed E-state index contributed by atoms with van der Waals surface area (Å²) < 4.78 is 0. The molecule has 192 valence electrons. The summed E-state index contributed by atoms with van der Waals surface area (Å²) in [7, 11) is 0. The molecular weight excluding hydrogens is 436 g/mol. The van der Waals surface area contributed by atoms with Gasteiger partial charge in [0.2, 0.25) is 0 Å². The summed E-state index contributed by atoms with van der Waals surface area (Å²) >= 11 is 0. The normalized spacial score (nSPS) is 12.9. The van der Waals surface area contributed by atoms with Gasteiger partial charge in [-0.25, -0.2) is 0 Å². The SMILES string of the molecule is CC.CC(C)C.CC(C)c1ccc(C2=NN=C(c3ccc(-c4ccc(C(C)(C)C)cc4)cc3)C2)cc1. The van der Waals surface area contributed by atoms with Crippen molar-refractivity contribution < 1.29 is 0 Å². The van der Waals surface area contributed by atoms with Crippen LogP contribution in [0.3, 0.4) is 0 Å². The molecule has 0 aliphatic carbocycles. The lowest BCUT2D eigenvalue weighted by Gasteiger charge is -2.19. The third-order valence-corrected chi connectivity index (χ3v) is 5.84. The Balaban J connectivity index is 0.000000694. The van der Waals surface area contributed by atoms with Crippen molar-refractivity contribution in [2.75, 3.05) is 0 Å². The molecule has 3 aromatic carbocycles. The zero-order valence-electron chi connectivity index (χ0n) is 24.2. The fourth-order valence-electron chi connectivity index (χ4n) is 3.75. The van der Waals surface area contributed by atoms with Gasteiger partial charge >= 0.3 is 0 Å². The number of rotatable bonds is 4. The highest BCUT2D eigenvalue weighted by molar-refractivity contribution is 6.20. The maximum atomic E-state index is 4.47. The number of benzene rings is 3. The van der Waals surface area contributed by atoms with Gasteiger partial charge in [0, 0.05) is 6.42 Å². The van der Waals surface area contributed by atoms with Crippen LogP contribution in [0.5, 0.6) is 0 Å². The van der Waals surface area contributed by atoms with Crippen molar-refractivity contribution in [1.82, 2.24) is 0 Å². The molecule has 3 aromatic rings. The van der Waals surface area contributed by atoms with Crippen LogP contribution in [0.4, 0.5) is 0 Å². The molecule has 0 N–H and O–H groups in total. The summed E-state index contributed by atoms with van der Waals surface area (Å²) in [5.41, 5.74) is 9.73. The summed E-state index contributed by atoms with van der Waals surface area (Å²) in [6.45, 7) is 21.7. The van der Waals surface area contributed by atoms with Gasteiger partial charge in [-0.3, -0.25) is 0 Å². The highest BCUT2D eigenvalue weighted by Gasteiger charge is 2.17. The molecule has 1 aliphatic rings. The lowest BCUT2D eigenvalue weighted by atomic mass is 9.86. The van der Waals surface area contributed by atoms with Gasteiger partial charge in [0.1, 0.15) is 0 Å². The molecule has 2 nitrogen and oxygen atoms in total. The average molecular weight is 483 g/mol. The molecule has 0 fully saturated rings. The van der Waals surface area contributed by atoms with E-state index in [0.29, 0.717) is 5.92 Å². The van der Waals surface area contributed by atoms with Gasteiger partial charge in [-0.15, -0.1) is 0 Å². The highest BCUT2D eigenvalue weighted by Crippen LogP contribution is 2.27. The first kappa shape index (κ1) is 29.2. The average Bonchev–Trinajstić information content (AvgIpc) is 3.35. The number of nitrogens with zero attached hydrogens (tertiary/aromatic N) is 2. The first-order chi connectivity index (χ1) is 17.0. The second-order valence-electron chi connectivity index (χ2n) is 11.2. The standard InChI is InChI=1S/C28H30N2.C4H10.C2H6/c1-19(2)20-6-10-23(11-7-20)26-18-27(30-29-26)24-12-8-21(9-13-24)22-14-16-25(17-15-22)28(3,4)5;1-4(2)3;1-2/h6-17,19H,18H2,1-5H3;4H,1-3H3;1-2H3.